The minimum Gasteiger partial charge on any atom is -0.478 e. The minimum atomic E-state index is -3.48. The van der Waals surface area contributed by atoms with E-state index < -0.39 is 16.1 Å². The number of piperazine rings is 1. The van der Waals surface area contributed by atoms with Crippen LogP contribution in [-0.2, 0) is 14.8 Å². The Hall–Kier alpha value is -2.78. The SMILES string of the molecule is CN1CCN(c2ccc(NC(=O)[C@H]3CCN(S(C)(=O)=O)c4ccccc4O3)cc2)CC1. The van der Waals surface area contributed by atoms with Gasteiger partial charge in [-0.3, -0.25) is 9.10 Å². The van der Waals surface area contributed by atoms with Crippen LogP contribution in [0, 0.1) is 0 Å². The van der Waals surface area contributed by atoms with Crippen LogP contribution in [-0.4, -0.2) is 71.4 Å². The predicted octanol–water partition coefficient (Wildman–Crippen LogP) is 1.99. The molecular weight excluding hydrogens is 416 g/mol. The Morgan fingerprint density at radius 1 is 1.00 bits per heavy atom. The van der Waals surface area contributed by atoms with Crippen molar-refractivity contribution in [2.75, 3.05) is 60.5 Å². The van der Waals surface area contributed by atoms with E-state index in [0.29, 0.717) is 17.1 Å². The van der Waals surface area contributed by atoms with Crippen LogP contribution in [0.15, 0.2) is 48.5 Å². The van der Waals surface area contributed by atoms with Crippen LogP contribution in [0.4, 0.5) is 17.1 Å². The van der Waals surface area contributed by atoms with Crippen molar-refractivity contribution in [2.24, 2.45) is 0 Å². The lowest BCUT2D eigenvalue weighted by Gasteiger charge is -2.34. The van der Waals surface area contributed by atoms with Gasteiger partial charge in [-0.2, -0.15) is 0 Å². The number of nitrogens with one attached hydrogen (secondary N) is 1. The van der Waals surface area contributed by atoms with Crippen LogP contribution in [0.1, 0.15) is 6.42 Å². The first kappa shape index (κ1) is 21.5. The highest BCUT2D eigenvalue weighted by Crippen LogP contribution is 2.34. The van der Waals surface area contributed by atoms with Crippen molar-refractivity contribution >= 4 is 33.0 Å². The number of anilines is 3. The second-order valence-corrected chi connectivity index (χ2v) is 9.93. The monoisotopic (exact) mass is 444 g/mol. The maximum absolute atomic E-state index is 12.9. The molecule has 2 aromatic carbocycles. The highest BCUT2D eigenvalue weighted by Gasteiger charge is 2.31. The van der Waals surface area contributed by atoms with E-state index in [1.165, 1.54) is 4.31 Å². The number of amides is 1. The molecule has 4 rings (SSSR count). The van der Waals surface area contributed by atoms with Gasteiger partial charge < -0.3 is 19.9 Å². The molecule has 1 atom stereocenters. The Balaban J connectivity index is 1.44. The standard InChI is InChI=1S/C22H28N4O4S/c1-24-13-15-25(16-14-24)18-9-7-17(8-10-18)23-22(27)21-11-12-26(31(2,28)29)19-5-3-4-6-20(19)30-21/h3-10,21H,11-16H2,1-2H3,(H,23,27)/t21-/m1/s1. The summed E-state index contributed by atoms with van der Waals surface area (Å²) in [4.78, 5) is 17.5. The van der Waals surface area contributed by atoms with Crippen LogP contribution in [0.25, 0.3) is 0 Å². The Morgan fingerprint density at radius 2 is 1.68 bits per heavy atom. The lowest BCUT2D eigenvalue weighted by Crippen LogP contribution is -2.44. The van der Waals surface area contributed by atoms with Gasteiger partial charge >= 0.3 is 0 Å². The van der Waals surface area contributed by atoms with Gasteiger partial charge in [-0.05, 0) is 43.4 Å². The van der Waals surface area contributed by atoms with E-state index in [1.807, 2.05) is 24.3 Å². The second kappa shape index (κ2) is 8.76. The molecule has 1 N–H and O–H groups in total. The summed E-state index contributed by atoms with van der Waals surface area (Å²) in [5.41, 5.74) is 2.27. The summed E-state index contributed by atoms with van der Waals surface area (Å²) in [5.74, 6) is 0.0912. The third-order valence-corrected chi connectivity index (χ3v) is 6.87. The molecule has 1 amide bonds. The lowest BCUT2D eigenvalue weighted by molar-refractivity contribution is -0.122. The van der Waals surface area contributed by atoms with Gasteiger partial charge in [0, 0.05) is 50.5 Å². The van der Waals surface area contributed by atoms with Gasteiger partial charge in [-0.15, -0.1) is 0 Å². The Kier molecular flexibility index (Phi) is 6.06. The molecule has 0 spiro atoms. The quantitative estimate of drug-likeness (QED) is 0.777. The van der Waals surface area contributed by atoms with Crippen LogP contribution in [0.5, 0.6) is 5.75 Å². The fourth-order valence-electron chi connectivity index (χ4n) is 3.90. The Labute approximate surface area is 183 Å². The van der Waals surface area contributed by atoms with Gasteiger partial charge in [0.1, 0.15) is 5.75 Å². The molecule has 1 fully saturated rings. The molecular formula is C22H28N4O4S. The summed E-state index contributed by atoms with van der Waals surface area (Å²) in [5, 5.41) is 2.90. The maximum atomic E-state index is 12.9. The Morgan fingerprint density at radius 3 is 2.35 bits per heavy atom. The molecule has 0 unspecified atom stereocenters. The summed E-state index contributed by atoms with van der Waals surface area (Å²) in [6, 6.07) is 14.7. The zero-order valence-corrected chi connectivity index (χ0v) is 18.6. The van der Waals surface area contributed by atoms with E-state index in [4.69, 9.17) is 4.74 Å². The molecule has 0 aromatic heterocycles. The number of carbonyl (C=O) groups is 1. The van der Waals surface area contributed by atoms with Crippen molar-refractivity contribution < 1.29 is 17.9 Å². The molecule has 9 heteroatoms. The number of nitrogens with zero attached hydrogens (tertiary/aromatic N) is 3. The molecule has 2 heterocycles. The van der Waals surface area contributed by atoms with Crippen LogP contribution >= 0.6 is 0 Å². The number of hydrogen-bond donors (Lipinski definition) is 1. The topological polar surface area (TPSA) is 82.2 Å². The molecule has 166 valence electrons. The normalized spacial score (nSPS) is 19.9. The zero-order valence-electron chi connectivity index (χ0n) is 17.8. The number of sulfonamides is 1. The summed E-state index contributed by atoms with van der Waals surface area (Å²) in [7, 11) is -1.35. The molecule has 0 aliphatic carbocycles. The number of carbonyl (C=O) groups excluding carboxylic acids is 1. The summed E-state index contributed by atoms with van der Waals surface area (Å²) in [6.07, 6.45) is 0.629. The van der Waals surface area contributed by atoms with Crippen LogP contribution in [0.3, 0.4) is 0 Å². The predicted molar refractivity (Wildman–Crippen MR) is 122 cm³/mol. The van der Waals surface area contributed by atoms with Gasteiger partial charge in [-0.25, -0.2) is 8.42 Å². The smallest absolute Gasteiger partial charge is 0.265 e. The molecule has 31 heavy (non-hydrogen) atoms. The number of para-hydroxylation sites is 2. The molecule has 0 saturated carbocycles. The number of likely N-dealkylation sites (N-methyl/N-ethyl adjacent to an activating group) is 1. The average Bonchev–Trinajstić information content (AvgIpc) is 2.95. The first-order chi connectivity index (χ1) is 14.8. The maximum Gasteiger partial charge on any atom is 0.265 e. The highest BCUT2D eigenvalue weighted by atomic mass is 32.2. The second-order valence-electron chi connectivity index (χ2n) is 8.02. The average molecular weight is 445 g/mol. The summed E-state index contributed by atoms with van der Waals surface area (Å²) in [6.45, 7) is 4.20. The molecule has 0 bridgehead atoms. The molecule has 0 radical (unpaired) electrons. The van der Waals surface area contributed by atoms with E-state index in [1.54, 1.807) is 24.3 Å². The molecule has 2 aliphatic heterocycles. The van der Waals surface area contributed by atoms with Crippen molar-refractivity contribution in [1.29, 1.82) is 0 Å². The van der Waals surface area contributed by atoms with E-state index in [0.717, 1.165) is 38.1 Å². The first-order valence-electron chi connectivity index (χ1n) is 10.4. The van der Waals surface area contributed by atoms with Gasteiger partial charge in [0.2, 0.25) is 10.0 Å². The van der Waals surface area contributed by atoms with E-state index >= 15 is 0 Å². The third-order valence-electron chi connectivity index (χ3n) is 5.69. The van der Waals surface area contributed by atoms with Crippen LogP contribution in [0.2, 0.25) is 0 Å². The largest absolute Gasteiger partial charge is 0.478 e. The minimum absolute atomic E-state index is 0.177. The molecule has 2 aromatic rings. The third kappa shape index (κ3) is 4.94. The zero-order chi connectivity index (χ0) is 22.0. The van der Waals surface area contributed by atoms with Crippen molar-refractivity contribution in [3.05, 3.63) is 48.5 Å². The lowest BCUT2D eigenvalue weighted by atomic mass is 10.2. The van der Waals surface area contributed by atoms with E-state index in [2.05, 4.69) is 22.2 Å². The van der Waals surface area contributed by atoms with E-state index in [9.17, 15) is 13.2 Å². The van der Waals surface area contributed by atoms with Gasteiger partial charge in [-0.1, -0.05) is 12.1 Å². The Bertz CT molecular complexity index is 1030. The first-order valence-corrected chi connectivity index (χ1v) is 12.2. The number of rotatable bonds is 4. The molecule has 1 saturated heterocycles. The van der Waals surface area contributed by atoms with Crippen molar-refractivity contribution in [2.45, 2.75) is 12.5 Å². The van der Waals surface area contributed by atoms with E-state index in [-0.39, 0.29) is 18.9 Å². The number of ether oxygens (including phenoxy) is 1. The van der Waals surface area contributed by atoms with Gasteiger partial charge in [0.05, 0.1) is 11.9 Å². The van der Waals surface area contributed by atoms with Gasteiger partial charge in [0.15, 0.2) is 6.10 Å². The van der Waals surface area contributed by atoms with Crippen molar-refractivity contribution in [3.63, 3.8) is 0 Å². The number of hydrogen-bond acceptors (Lipinski definition) is 6. The van der Waals surface area contributed by atoms with Crippen molar-refractivity contribution in [1.82, 2.24) is 4.90 Å². The fraction of sp³-hybridized carbons (Fsp3) is 0.409. The highest BCUT2D eigenvalue weighted by molar-refractivity contribution is 7.92. The molecule has 8 nitrogen and oxygen atoms in total. The number of benzene rings is 2. The number of fused-ring (bicyclic) bond motifs is 1. The summed E-state index contributed by atoms with van der Waals surface area (Å²) >= 11 is 0. The molecule has 2 aliphatic rings. The summed E-state index contributed by atoms with van der Waals surface area (Å²) < 4.78 is 31.6. The fourth-order valence-corrected chi connectivity index (χ4v) is 4.85. The van der Waals surface area contributed by atoms with Gasteiger partial charge in [0.25, 0.3) is 5.91 Å². The van der Waals surface area contributed by atoms with Crippen molar-refractivity contribution in [3.8, 4) is 5.75 Å². The van der Waals surface area contributed by atoms with Crippen LogP contribution < -0.4 is 19.3 Å².